The Morgan fingerprint density at radius 3 is 2.30 bits per heavy atom. The standard InChI is InChI=1S/C15H24FN3O3S/c1-5-6-12(2)17-15(20)11-19(23(21,22)18(3)4)14-9-7-13(16)8-10-14/h7-10,12H,5-6,11H2,1-4H3,(H,17,20). The third kappa shape index (κ3) is 5.47. The molecule has 0 bridgehead atoms. The van der Waals surface area contributed by atoms with Crippen molar-refractivity contribution >= 4 is 21.8 Å². The minimum atomic E-state index is -3.86. The van der Waals surface area contributed by atoms with Gasteiger partial charge < -0.3 is 5.32 Å². The van der Waals surface area contributed by atoms with Crippen LogP contribution in [0.25, 0.3) is 0 Å². The second kappa shape index (κ2) is 8.26. The molecule has 0 saturated carbocycles. The van der Waals surface area contributed by atoms with E-state index in [0.29, 0.717) is 0 Å². The number of carbonyl (C=O) groups is 1. The van der Waals surface area contributed by atoms with Crippen LogP contribution < -0.4 is 9.62 Å². The van der Waals surface area contributed by atoms with Crippen LogP contribution >= 0.6 is 0 Å². The van der Waals surface area contributed by atoms with E-state index in [1.54, 1.807) is 0 Å². The van der Waals surface area contributed by atoms with E-state index in [4.69, 9.17) is 0 Å². The Labute approximate surface area is 137 Å². The second-order valence-corrected chi connectivity index (χ2v) is 7.60. The Bertz CT molecular complexity index is 617. The van der Waals surface area contributed by atoms with Gasteiger partial charge in [-0.3, -0.25) is 4.79 Å². The van der Waals surface area contributed by atoms with Crippen molar-refractivity contribution in [2.45, 2.75) is 32.7 Å². The molecular formula is C15H24FN3O3S. The first kappa shape index (κ1) is 19.4. The normalized spacial score (nSPS) is 13.0. The summed E-state index contributed by atoms with van der Waals surface area (Å²) in [5.41, 5.74) is 0.235. The fraction of sp³-hybridized carbons (Fsp3) is 0.533. The summed E-state index contributed by atoms with van der Waals surface area (Å²) in [7, 11) is -1.11. The Morgan fingerprint density at radius 1 is 1.26 bits per heavy atom. The van der Waals surface area contributed by atoms with E-state index in [1.165, 1.54) is 26.2 Å². The van der Waals surface area contributed by atoms with Crippen LogP contribution in [0.2, 0.25) is 0 Å². The number of carbonyl (C=O) groups excluding carboxylic acids is 1. The summed E-state index contributed by atoms with van der Waals surface area (Å²) in [6, 6.07) is 4.94. The summed E-state index contributed by atoms with van der Waals surface area (Å²) >= 11 is 0. The highest BCUT2D eigenvalue weighted by Crippen LogP contribution is 2.19. The quantitative estimate of drug-likeness (QED) is 0.780. The number of hydrogen-bond donors (Lipinski definition) is 1. The van der Waals surface area contributed by atoms with E-state index in [0.717, 1.165) is 33.6 Å². The lowest BCUT2D eigenvalue weighted by molar-refractivity contribution is -0.120. The van der Waals surface area contributed by atoms with Gasteiger partial charge in [0, 0.05) is 20.1 Å². The Balaban J connectivity index is 3.02. The fourth-order valence-electron chi connectivity index (χ4n) is 2.07. The molecule has 0 aliphatic carbocycles. The maximum absolute atomic E-state index is 13.1. The zero-order valence-corrected chi connectivity index (χ0v) is 14.7. The van der Waals surface area contributed by atoms with Gasteiger partial charge in [0.1, 0.15) is 12.4 Å². The second-order valence-electron chi connectivity index (χ2n) is 5.53. The molecule has 130 valence electrons. The molecule has 0 saturated heterocycles. The molecule has 1 aromatic carbocycles. The van der Waals surface area contributed by atoms with Crippen molar-refractivity contribution in [2.24, 2.45) is 0 Å². The van der Waals surface area contributed by atoms with Gasteiger partial charge in [0.2, 0.25) is 5.91 Å². The van der Waals surface area contributed by atoms with Crippen LogP contribution in [-0.4, -0.2) is 45.3 Å². The minimum Gasteiger partial charge on any atom is -0.352 e. The van der Waals surface area contributed by atoms with E-state index < -0.39 is 21.9 Å². The summed E-state index contributed by atoms with van der Waals surface area (Å²) in [6.45, 7) is 3.51. The summed E-state index contributed by atoms with van der Waals surface area (Å²) in [5, 5.41) is 2.77. The van der Waals surface area contributed by atoms with Gasteiger partial charge in [0.15, 0.2) is 0 Å². The Kier molecular flexibility index (Phi) is 6.96. The average molecular weight is 345 g/mol. The molecule has 23 heavy (non-hydrogen) atoms. The lowest BCUT2D eigenvalue weighted by Gasteiger charge is -2.27. The largest absolute Gasteiger partial charge is 0.352 e. The molecule has 1 amide bonds. The van der Waals surface area contributed by atoms with Gasteiger partial charge in [-0.25, -0.2) is 8.70 Å². The number of nitrogens with one attached hydrogen (secondary N) is 1. The first-order chi connectivity index (χ1) is 10.7. The van der Waals surface area contributed by atoms with Crippen LogP contribution in [0.3, 0.4) is 0 Å². The van der Waals surface area contributed by atoms with Gasteiger partial charge in [0.05, 0.1) is 5.69 Å². The van der Waals surface area contributed by atoms with Crippen LogP contribution in [-0.2, 0) is 15.0 Å². The number of amides is 1. The van der Waals surface area contributed by atoms with E-state index in [-0.39, 0.29) is 18.3 Å². The van der Waals surface area contributed by atoms with Gasteiger partial charge >= 0.3 is 10.2 Å². The highest BCUT2D eigenvalue weighted by molar-refractivity contribution is 7.90. The van der Waals surface area contributed by atoms with Gasteiger partial charge in [-0.2, -0.15) is 12.7 Å². The third-order valence-corrected chi connectivity index (χ3v) is 5.09. The lowest BCUT2D eigenvalue weighted by atomic mass is 10.2. The zero-order valence-electron chi connectivity index (χ0n) is 13.9. The molecule has 1 unspecified atom stereocenters. The topological polar surface area (TPSA) is 69.7 Å². The van der Waals surface area contributed by atoms with Gasteiger partial charge in [-0.1, -0.05) is 13.3 Å². The molecule has 8 heteroatoms. The summed E-state index contributed by atoms with van der Waals surface area (Å²) < 4.78 is 39.9. The van der Waals surface area contributed by atoms with Crippen molar-refractivity contribution in [2.75, 3.05) is 24.9 Å². The van der Waals surface area contributed by atoms with Crippen LogP contribution in [0, 0.1) is 5.82 Å². The highest BCUT2D eigenvalue weighted by Gasteiger charge is 2.27. The predicted molar refractivity (Wildman–Crippen MR) is 88.9 cm³/mol. The summed E-state index contributed by atoms with van der Waals surface area (Å²) in [4.78, 5) is 12.1. The Hall–Kier alpha value is -1.67. The minimum absolute atomic E-state index is 0.0374. The SMILES string of the molecule is CCCC(C)NC(=O)CN(c1ccc(F)cc1)S(=O)(=O)N(C)C. The van der Waals surface area contributed by atoms with Crippen LogP contribution in [0.4, 0.5) is 10.1 Å². The van der Waals surface area contributed by atoms with Crippen molar-refractivity contribution in [1.82, 2.24) is 9.62 Å². The molecule has 1 rings (SSSR count). The van der Waals surface area contributed by atoms with Crippen molar-refractivity contribution in [3.8, 4) is 0 Å². The molecular weight excluding hydrogens is 321 g/mol. The van der Waals surface area contributed by atoms with E-state index in [2.05, 4.69) is 5.32 Å². The first-order valence-electron chi connectivity index (χ1n) is 7.43. The average Bonchev–Trinajstić information content (AvgIpc) is 2.45. The summed E-state index contributed by atoms with van der Waals surface area (Å²) in [6.07, 6.45) is 1.72. The van der Waals surface area contributed by atoms with Crippen molar-refractivity contribution in [1.29, 1.82) is 0 Å². The monoisotopic (exact) mass is 345 g/mol. The van der Waals surface area contributed by atoms with Crippen LogP contribution in [0.1, 0.15) is 26.7 Å². The Morgan fingerprint density at radius 2 is 1.83 bits per heavy atom. The predicted octanol–water partition coefficient (Wildman–Crippen LogP) is 1.74. The van der Waals surface area contributed by atoms with E-state index in [9.17, 15) is 17.6 Å². The molecule has 0 aliphatic rings. The molecule has 0 aromatic heterocycles. The molecule has 1 N–H and O–H groups in total. The number of hydrogen-bond acceptors (Lipinski definition) is 3. The van der Waals surface area contributed by atoms with Gasteiger partial charge in [0.25, 0.3) is 0 Å². The molecule has 0 spiro atoms. The molecule has 0 radical (unpaired) electrons. The molecule has 1 aromatic rings. The lowest BCUT2D eigenvalue weighted by Crippen LogP contribution is -2.47. The van der Waals surface area contributed by atoms with E-state index >= 15 is 0 Å². The molecule has 1 atom stereocenters. The number of benzene rings is 1. The van der Waals surface area contributed by atoms with Crippen molar-refractivity contribution in [3.63, 3.8) is 0 Å². The number of rotatable bonds is 8. The van der Waals surface area contributed by atoms with Crippen molar-refractivity contribution < 1.29 is 17.6 Å². The smallest absolute Gasteiger partial charge is 0.304 e. The van der Waals surface area contributed by atoms with Crippen LogP contribution in [0.5, 0.6) is 0 Å². The van der Waals surface area contributed by atoms with E-state index in [1.807, 2.05) is 13.8 Å². The maximum atomic E-state index is 13.1. The summed E-state index contributed by atoms with van der Waals surface area (Å²) in [5.74, 6) is -0.877. The molecule has 0 heterocycles. The van der Waals surface area contributed by atoms with Crippen LogP contribution in [0.15, 0.2) is 24.3 Å². The third-order valence-electron chi connectivity index (χ3n) is 3.27. The van der Waals surface area contributed by atoms with Gasteiger partial charge in [-0.05, 0) is 37.6 Å². The molecule has 6 nitrogen and oxygen atoms in total. The maximum Gasteiger partial charge on any atom is 0.304 e. The number of nitrogens with zero attached hydrogens (tertiary/aromatic N) is 2. The van der Waals surface area contributed by atoms with Gasteiger partial charge in [-0.15, -0.1) is 0 Å². The highest BCUT2D eigenvalue weighted by atomic mass is 32.2. The number of anilines is 1. The fourth-order valence-corrected chi connectivity index (χ4v) is 3.13. The molecule has 0 aliphatic heterocycles. The number of halogens is 1. The first-order valence-corrected chi connectivity index (χ1v) is 8.83. The zero-order chi connectivity index (χ0) is 17.6. The van der Waals surface area contributed by atoms with Crippen molar-refractivity contribution in [3.05, 3.63) is 30.1 Å². The molecule has 0 fully saturated rings.